The number of nitriles is 1. The lowest BCUT2D eigenvalue weighted by Crippen LogP contribution is -1.85. The zero-order valence-corrected chi connectivity index (χ0v) is 11.0. The Bertz CT molecular complexity index is 796. The highest BCUT2D eigenvalue weighted by atomic mass is 15.3. The maximum Gasteiger partial charge on any atom is 0.190 e. The number of hydrogen-bond acceptors (Lipinski definition) is 3. The molecule has 3 aromatic rings. The third-order valence-corrected chi connectivity index (χ3v) is 3.14. The van der Waals surface area contributed by atoms with Crippen LogP contribution < -0.4 is 0 Å². The molecule has 4 heteroatoms. The van der Waals surface area contributed by atoms with Crippen molar-refractivity contribution in [1.29, 1.82) is 5.26 Å². The Labute approximate surface area is 116 Å². The summed E-state index contributed by atoms with van der Waals surface area (Å²) in [6, 6.07) is 18.3. The van der Waals surface area contributed by atoms with Gasteiger partial charge in [-0.2, -0.15) is 15.6 Å². The van der Waals surface area contributed by atoms with E-state index in [1.807, 2.05) is 36.4 Å². The standard InChI is InChI=1S/C16H12N4/c1-11-4-2-5-12(8-11)13-6-3-7-14(9-13)16-15(10-17)18-20-19-16/h2-9H,1H3,(H,18,19,20). The van der Waals surface area contributed by atoms with E-state index in [0.29, 0.717) is 11.4 Å². The summed E-state index contributed by atoms with van der Waals surface area (Å²) in [6.07, 6.45) is 0. The van der Waals surface area contributed by atoms with Crippen LogP contribution in [0.15, 0.2) is 48.5 Å². The molecule has 0 unspecified atom stereocenters. The van der Waals surface area contributed by atoms with Gasteiger partial charge in [0.2, 0.25) is 0 Å². The molecule has 0 radical (unpaired) electrons. The fourth-order valence-electron chi connectivity index (χ4n) is 2.18. The summed E-state index contributed by atoms with van der Waals surface area (Å²) in [5.41, 5.74) is 5.24. The molecule has 0 fully saturated rings. The first kappa shape index (κ1) is 12.1. The first-order valence-electron chi connectivity index (χ1n) is 6.26. The van der Waals surface area contributed by atoms with Crippen molar-refractivity contribution in [3.63, 3.8) is 0 Å². The van der Waals surface area contributed by atoms with Gasteiger partial charge in [0.15, 0.2) is 5.69 Å². The Balaban J connectivity index is 2.09. The Morgan fingerprint density at radius 3 is 2.40 bits per heavy atom. The number of nitrogens with zero attached hydrogens (tertiary/aromatic N) is 3. The van der Waals surface area contributed by atoms with Crippen molar-refractivity contribution in [2.75, 3.05) is 0 Å². The van der Waals surface area contributed by atoms with Gasteiger partial charge in [0.05, 0.1) is 0 Å². The van der Waals surface area contributed by atoms with E-state index in [1.165, 1.54) is 5.56 Å². The summed E-state index contributed by atoms with van der Waals surface area (Å²) in [6.45, 7) is 2.07. The lowest BCUT2D eigenvalue weighted by molar-refractivity contribution is 0.937. The largest absolute Gasteiger partial charge is 0.196 e. The second-order valence-corrected chi connectivity index (χ2v) is 4.58. The van der Waals surface area contributed by atoms with Crippen LogP contribution in [0.1, 0.15) is 11.3 Å². The molecule has 0 bridgehead atoms. The van der Waals surface area contributed by atoms with Gasteiger partial charge in [-0.05, 0) is 24.1 Å². The Kier molecular flexibility index (Phi) is 3.02. The van der Waals surface area contributed by atoms with E-state index < -0.39 is 0 Å². The minimum Gasteiger partial charge on any atom is -0.196 e. The van der Waals surface area contributed by atoms with Crippen molar-refractivity contribution in [3.8, 4) is 28.5 Å². The Morgan fingerprint density at radius 2 is 1.65 bits per heavy atom. The second kappa shape index (κ2) is 4.98. The second-order valence-electron chi connectivity index (χ2n) is 4.58. The lowest BCUT2D eigenvalue weighted by Gasteiger charge is -2.05. The van der Waals surface area contributed by atoms with Crippen LogP contribution in [0.3, 0.4) is 0 Å². The molecule has 4 nitrogen and oxygen atoms in total. The van der Waals surface area contributed by atoms with Crippen molar-refractivity contribution in [1.82, 2.24) is 15.4 Å². The molecule has 0 saturated heterocycles. The molecule has 20 heavy (non-hydrogen) atoms. The van der Waals surface area contributed by atoms with Crippen molar-refractivity contribution in [2.24, 2.45) is 0 Å². The van der Waals surface area contributed by atoms with E-state index in [-0.39, 0.29) is 0 Å². The SMILES string of the molecule is Cc1cccc(-c2cccc(-c3n[nH]nc3C#N)c2)c1. The summed E-state index contributed by atoms with van der Waals surface area (Å²) in [7, 11) is 0. The van der Waals surface area contributed by atoms with Crippen LogP contribution in [0.25, 0.3) is 22.4 Å². The van der Waals surface area contributed by atoms with Crippen molar-refractivity contribution >= 4 is 0 Å². The van der Waals surface area contributed by atoms with E-state index in [9.17, 15) is 0 Å². The quantitative estimate of drug-likeness (QED) is 0.768. The number of aromatic amines is 1. The molecule has 1 heterocycles. The minimum atomic E-state index is 0.311. The van der Waals surface area contributed by atoms with Crippen LogP contribution in [0, 0.1) is 18.3 Å². The van der Waals surface area contributed by atoms with E-state index in [4.69, 9.17) is 5.26 Å². The molecule has 0 aliphatic rings. The Morgan fingerprint density at radius 1 is 0.950 bits per heavy atom. The number of benzene rings is 2. The zero-order chi connectivity index (χ0) is 13.9. The molecular weight excluding hydrogens is 248 g/mol. The Hall–Kier alpha value is -2.93. The van der Waals surface area contributed by atoms with Gasteiger partial charge in [-0.25, -0.2) is 0 Å². The highest BCUT2D eigenvalue weighted by Crippen LogP contribution is 2.26. The maximum absolute atomic E-state index is 9.02. The molecular formula is C16H12N4. The zero-order valence-electron chi connectivity index (χ0n) is 11.0. The van der Waals surface area contributed by atoms with Gasteiger partial charge in [0.25, 0.3) is 0 Å². The normalized spacial score (nSPS) is 10.2. The van der Waals surface area contributed by atoms with Gasteiger partial charge >= 0.3 is 0 Å². The minimum absolute atomic E-state index is 0.311. The summed E-state index contributed by atoms with van der Waals surface area (Å²) in [4.78, 5) is 0. The number of H-pyrrole nitrogens is 1. The fraction of sp³-hybridized carbons (Fsp3) is 0.0625. The van der Waals surface area contributed by atoms with E-state index in [0.717, 1.165) is 16.7 Å². The predicted molar refractivity (Wildman–Crippen MR) is 76.7 cm³/mol. The van der Waals surface area contributed by atoms with Crippen LogP contribution in [-0.2, 0) is 0 Å². The number of hydrogen-bond donors (Lipinski definition) is 1. The number of aryl methyl sites for hydroxylation is 1. The molecule has 1 N–H and O–H groups in total. The highest BCUT2D eigenvalue weighted by Gasteiger charge is 2.10. The summed E-state index contributed by atoms with van der Waals surface area (Å²) in [5.74, 6) is 0. The molecule has 0 aliphatic carbocycles. The molecule has 3 rings (SSSR count). The molecule has 0 saturated carbocycles. The number of nitrogens with one attached hydrogen (secondary N) is 1. The molecule has 2 aromatic carbocycles. The summed E-state index contributed by atoms with van der Waals surface area (Å²) < 4.78 is 0. The van der Waals surface area contributed by atoms with Gasteiger partial charge < -0.3 is 0 Å². The smallest absolute Gasteiger partial charge is 0.190 e. The molecule has 0 atom stereocenters. The van der Waals surface area contributed by atoms with Gasteiger partial charge in [-0.1, -0.05) is 48.0 Å². The van der Waals surface area contributed by atoms with Crippen LogP contribution >= 0.6 is 0 Å². The fourth-order valence-corrected chi connectivity index (χ4v) is 2.18. The molecule has 0 spiro atoms. The van der Waals surface area contributed by atoms with Gasteiger partial charge in [-0.15, -0.1) is 5.10 Å². The molecule has 96 valence electrons. The summed E-state index contributed by atoms with van der Waals surface area (Å²) in [5, 5.41) is 19.4. The van der Waals surface area contributed by atoms with Crippen LogP contribution in [-0.4, -0.2) is 15.4 Å². The molecule has 0 aliphatic heterocycles. The average molecular weight is 260 g/mol. The van der Waals surface area contributed by atoms with Gasteiger partial charge in [0.1, 0.15) is 11.8 Å². The molecule has 1 aromatic heterocycles. The van der Waals surface area contributed by atoms with E-state index in [2.05, 4.69) is 40.5 Å². The van der Waals surface area contributed by atoms with E-state index in [1.54, 1.807) is 0 Å². The molecule has 0 amide bonds. The van der Waals surface area contributed by atoms with Crippen LogP contribution in [0.2, 0.25) is 0 Å². The van der Waals surface area contributed by atoms with Crippen LogP contribution in [0.5, 0.6) is 0 Å². The lowest BCUT2D eigenvalue weighted by atomic mass is 10.00. The third kappa shape index (κ3) is 2.17. The van der Waals surface area contributed by atoms with E-state index >= 15 is 0 Å². The van der Waals surface area contributed by atoms with Crippen molar-refractivity contribution in [2.45, 2.75) is 6.92 Å². The first-order valence-corrected chi connectivity index (χ1v) is 6.26. The van der Waals surface area contributed by atoms with Crippen LogP contribution in [0.4, 0.5) is 0 Å². The third-order valence-electron chi connectivity index (χ3n) is 3.14. The van der Waals surface area contributed by atoms with Crippen molar-refractivity contribution in [3.05, 3.63) is 59.8 Å². The monoisotopic (exact) mass is 260 g/mol. The van der Waals surface area contributed by atoms with Crippen molar-refractivity contribution < 1.29 is 0 Å². The van der Waals surface area contributed by atoms with Gasteiger partial charge in [0, 0.05) is 5.56 Å². The number of rotatable bonds is 2. The summed E-state index contributed by atoms with van der Waals surface area (Å²) >= 11 is 0. The topological polar surface area (TPSA) is 65.4 Å². The van der Waals surface area contributed by atoms with Gasteiger partial charge in [-0.3, -0.25) is 0 Å². The number of aromatic nitrogens is 3. The maximum atomic E-state index is 9.02. The average Bonchev–Trinajstić information content (AvgIpc) is 2.96. The highest BCUT2D eigenvalue weighted by molar-refractivity contribution is 5.73. The predicted octanol–water partition coefficient (Wildman–Crippen LogP) is 3.32. The first-order chi connectivity index (χ1) is 9.78.